The van der Waals surface area contributed by atoms with E-state index in [1.54, 1.807) is 24.3 Å². The lowest BCUT2D eigenvalue weighted by Crippen LogP contribution is -1.84. The minimum absolute atomic E-state index is 0.103. The zero-order chi connectivity index (χ0) is 12.4. The lowest BCUT2D eigenvalue weighted by atomic mass is 10.2. The number of halogens is 1. The van der Waals surface area contributed by atoms with Crippen molar-refractivity contribution < 1.29 is 14.0 Å². The first-order valence-electron chi connectivity index (χ1n) is 5.13. The van der Waals surface area contributed by atoms with Crippen LogP contribution in [-0.2, 0) is 15.7 Å². The maximum Gasteiger partial charge on any atom is 0.695 e. The molecule has 1 N–H and O–H groups in total. The van der Waals surface area contributed by atoms with Gasteiger partial charge in [0.05, 0.1) is 0 Å². The summed E-state index contributed by atoms with van der Waals surface area (Å²) in [4.78, 5) is 8.34. The van der Waals surface area contributed by atoms with E-state index >= 15 is 0 Å². The van der Waals surface area contributed by atoms with Crippen LogP contribution in [0.3, 0.4) is 0 Å². The average molecular weight is 264 g/mol. The Morgan fingerprint density at radius 3 is 2.44 bits per heavy atom. The fourth-order valence-corrected chi connectivity index (χ4v) is 1.23. The fourth-order valence-electron chi connectivity index (χ4n) is 0.757. The van der Waals surface area contributed by atoms with Crippen LogP contribution in [0.2, 0.25) is 5.02 Å². The Kier molecular flexibility index (Phi) is 9.45. The average Bonchev–Trinajstić information content (AvgIpc) is 2.27. The standard InChI is InChI=1S/C7H6ClO3P.C4H10/c8-7-3-1-2-6(4-7)5-11-12(9)10;1-3-4-2/h1-4H,5H2;3-4H2,1-2H3/p+1. The van der Waals surface area contributed by atoms with E-state index in [2.05, 4.69) is 18.4 Å². The van der Waals surface area contributed by atoms with Crippen LogP contribution in [0.1, 0.15) is 32.3 Å². The predicted octanol–water partition coefficient (Wildman–Crippen LogP) is 4.31. The van der Waals surface area contributed by atoms with Gasteiger partial charge in [0, 0.05) is 9.59 Å². The third-order valence-electron chi connectivity index (χ3n) is 1.73. The van der Waals surface area contributed by atoms with Crippen molar-refractivity contribution in [2.24, 2.45) is 0 Å². The monoisotopic (exact) mass is 263 g/mol. The van der Waals surface area contributed by atoms with Gasteiger partial charge in [0.1, 0.15) is 6.61 Å². The minimum atomic E-state index is -2.53. The summed E-state index contributed by atoms with van der Waals surface area (Å²) in [6.07, 6.45) is 2.64. The van der Waals surface area contributed by atoms with Crippen LogP contribution in [0.5, 0.6) is 0 Å². The maximum atomic E-state index is 10.2. The van der Waals surface area contributed by atoms with Gasteiger partial charge < -0.3 is 0 Å². The summed E-state index contributed by atoms with van der Waals surface area (Å²) < 4.78 is 14.6. The molecular formula is C11H17ClO3P+. The quantitative estimate of drug-likeness (QED) is 0.823. The summed E-state index contributed by atoms with van der Waals surface area (Å²) in [5.41, 5.74) is 0.778. The smallest absolute Gasteiger partial charge is 0.133 e. The molecule has 0 aliphatic carbocycles. The lowest BCUT2D eigenvalue weighted by Gasteiger charge is -1.94. The van der Waals surface area contributed by atoms with E-state index in [1.165, 1.54) is 12.8 Å². The van der Waals surface area contributed by atoms with Gasteiger partial charge in [0.15, 0.2) is 0 Å². The SMILES string of the molecule is CCCC.O=[P+](O)OCc1cccc(Cl)c1. The molecule has 0 aromatic heterocycles. The molecule has 0 saturated carbocycles. The Labute approximate surface area is 102 Å². The molecule has 1 aromatic carbocycles. The molecule has 16 heavy (non-hydrogen) atoms. The third kappa shape index (κ3) is 8.81. The first-order chi connectivity index (χ1) is 7.60. The second kappa shape index (κ2) is 9.73. The molecule has 0 fully saturated rings. The van der Waals surface area contributed by atoms with E-state index in [1.807, 2.05) is 0 Å². The van der Waals surface area contributed by atoms with Gasteiger partial charge in [0.2, 0.25) is 0 Å². The van der Waals surface area contributed by atoms with Gasteiger partial charge in [0.25, 0.3) is 0 Å². The van der Waals surface area contributed by atoms with Crippen LogP contribution in [0.15, 0.2) is 24.3 Å². The van der Waals surface area contributed by atoms with Gasteiger partial charge in [-0.2, -0.15) is 0 Å². The van der Waals surface area contributed by atoms with Crippen molar-refractivity contribution in [2.45, 2.75) is 33.3 Å². The lowest BCUT2D eigenvalue weighted by molar-refractivity contribution is 0.272. The number of benzene rings is 1. The van der Waals surface area contributed by atoms with E-state index in [9.17, 15) is 4.57 Å². The molecule has 1 atom stereocenters. The molecule has 1 aromatic rings. The first kappa shape index (κ1) is 15.5. The maximum absolute atomic E-state index is 10.2. The van der Waals surface area contributed by atoms with Gasteiger partial charge in [-0.3, -0.25) is 0 Å². The van der Waals surface area contributed by atoms with Gasteiger partial charge in [-0.25, -0.2) is 0 Å². The molecule has 1 rings (SSSR count). The number of rotatable bonds is 4. The molecule has 0 aliphatic rings. The van der Waals surface area contributed by atoms with Gasteiger partial charge in [-0.05, 0) is 17.7 Å². The molecule has 5 heteroatoms. The van der Waals surface area contributed by atoms with Crippen molar-refractivity contribution in [1.29, 1.82) is 0 Å². The van der Waals surface area contributed by atoms with Crippen LogP contribution in [0, 0.1) is 0 Å². The zero-order valence-electron chi connectivity index (χ0n) is 9.52. The normalized spacial score (nSPS) is 10.4. The van der Waals surface area contributed by atoms with Crippen molar-refractivity contribution in [3.8, 4) is 0 Å². The predicted molar refractivity (Wildman–Crippen MR) is 66.6 cm³/mol. The van der Waals surface area contributed by atoms with E-state index in [4.69, 9.17) is 16.5 Å². The van der Waals surface area contributed by atoms with Crippen LogP contribution in [0.4, 0.5) is 0 Å². The summed E-state index contributed by atoms with van der Waals surface area (Å²) in [5, 5.41) is 0.587. The summed E-state index contributed by atoms with van der Waals surface area (Å²) in [6.45, 7) is 4.46. The van der Waals surface area contributed by atoms with Gasteiger partial charge in [-0.15, -0.1) is 9.42 Å². The molecule has 90 valence electrons. The van der Waals surface area contributed by atoms with E-state index in [0.717, 1.165) is 5.56 Å². The highest BCUT2D eigenvalue weighted by Crippen LogP contribution is 2.19. The fraction of sp³-hybridized carbons (Fsp3) is 0.455. The first-order valence-corrected chi connectivity index (χ1v) is 6.64. The van der Waals surface area contributed by atoms with Gasteiger partial charge in [-0.1, -0.05) is 50.4 Å². The highest BCUT2D eigenvalue weighted by Gasteiger charge is 2.11. The van der Waals surface area contributed by atoms with Crippen molar-refractivity contribution in [2.75, 3.05) is 0 Å². The molecular weight excluding hydrogens is 247 g/mol. The van der Waals surface area contributed by atoms with Crippen molar-refractivity contribution in [3.63, 3.8) is 0 Å². The molecule has 0 spiro atoms. The van der Waals surface area contributed by atoms with Crippen LogP contribution >= 0.6 is 19.9 Å². The highest BCUT2D eigenvalue weighted by atomic mass is 35.5. The Hall–Kier alpha value is -0.470. The molecule has 0 aliphatic heterocycles. The summed E-state index contributed by atoms with van der Waals surface area (Å²) >= 11 is 5.67. The molecule has 0 bridgehead atoms. The van der Waals surface area contributed by atoms with E-state index < -0.39 is 8.25 Å². The van der Waals surface area contributed by atoms with Crippen LogP contribution in [-0.4, -0.2) is 4.89 Å². The second-order valence-corrected chi connectivity index (χ2v) is 4.31. The molecule has 0 heterocycles. The van der Waals surface area contributed by atoms with Crippen LogP contribution in [0.25, 0.3) is 0 Å². The van der Waals surface area contributed by atoms with Crippen LogP contribution < -0.4 is 0 Å². The van der Waals surface area contributed by atoms with E-state index in [-0.39, 0.29) is 6.61 Å². The third-order valence-corrected chi connectivity index (χ3v) is 2.32. The summed E-state index contributed by atoms with van der Waals surface area (Å²) in [6, 6.07) is 6.93. The Morgan fingerprint density at radius 1 is 1.38 bits per heavy atom. The second-order valence-electron chi connectivity index (χ2n) is 3.14. The molecule has 3 nitrogen and oxygen atoms in total. The van der Waals surface area contributed by atoms with Crippen molar-refractivity contribution in [1.82, 2.24) is 0 Å². The molecule has 0 saturated heterocycles. The topological polar surface area (TPSA) is 46.5 Å². The van der Waals surface area contributed by atoms with Gasteiger partial charge >= 0.3 is 8.25 Å². The summed E-state index contributed by atoms with van der Waals surface area (Å²) in [7, 11) is -2.53. The Morgan fingerprint density at radius 2 is 2.00 bits per heavy atom. The summed E-state index contributed by atoms with van der Waals surface area (Å²) in [5.74, 6) is 0. The molecule has 0 amide bonds. The van der Waals surface area contributed by atoms with Crippen molar-refractivity contribution >= 4 is 19.9 Å². The largest absolute Gasteiger partial charge is 0.695 e. The molecule has 1 unspecified atom stereocenters. The highest BCUT2D eigenvalue weighted by molar-refractivity contribution is 7.32. The zero-order valence-corrected chi connectivity index (χ0v) is 11.2. The number of unbranched alkanes of at least 4 members (excludes halogenated alkanes) is 1. The Bertz CT molecular complexity index is 316. The minimum Gasteiger partial charge on any atom is -0.133 e. The van der Waals surface area contributed by atoms with Crippen molar-refractivity contribution in [3.05, 3.63) is 34.9 Å². The Balaban J connectivity index is 0.000000487. The molecule has 0 radical (unpaired) electrons. The van der Waals surface area contributed by atoms with E-state index in [0.29, 0.717) is 5.02 Å². The number of hydrogen-bond donors (Lipinski definition) is 1. The number of hydrogen-bond acceptors (Lipinski definition) is 2.